The maximum Gasteiger partial charge on any atom is 0.339 e. The second-order valence-corrected chi connectivity index (χ2v) is 13.3. The van der Waals surface area contributed by atoms with Crippen molar-refractivity contribution in [2.45, 2.75) is 85.5 Å². The van der Waals surface area contributed by atoms with E-state index in [0.717, 1.165) is 12.8 Å². The predicted octanol–water partition coefficient (Wildman–Crippen LogP) is 8.33. The molecule has 0 saturated heterocycles. The van der Waals surface area contributed by atoms with Gasteiger partial charge in [-0.3, -0.25) is 4.79 Å². The number of hydrogen-bond donors (Lipinski definition) is 2. The Morgan fingerprint density at radius 2 is 1.27 bits per heavy atom. The molecule has 240 valence electrons. The van der Waals surface area contributed by atoms with Crippen LogP contribution in [0.1, 0.15) is 106 Å². The molecule has 0 heterocycles. The molecule has 0 bridgehead atoms. The van der Waals surface area contributed by atoms with E-state index in [1.54, 1.807) is 6.07 Å². The van der Waals surface area contributed by atoms with E-state index >= 15 is 0 Å². The van der Waals surface area contributed by atoms with Crippen molar-refractivity contribution in [1.29, 1.82) is 0 Å². The summed E-state index contributed by atoms with van der Waals surface area (Å²) in [6, 6.07) is 5.24. The fraction of sp³-hybridized carbons (Fsp3) is 0.500. The lowest BCUT2D eigenvalue weighted by Crippen LogP contribution is -2.19. The molecule has 0 aromatic heterocycles. The van der Waals surface area contributed by atoms with Crippen molar-refractivity contribution in [3.8, 4) is 39.9 Å². The van der Waals surface area contributed by atoms with Crippen molar-refractivity contribution in [1.82, 2.24) is 0 Å². The number of esters is 1. The molecule has 3 rings (SSSR count). The number of methoxy groups -OCH3 is 4. The molecule has 0 spiro atoms. The molecular formula is C36H48O8. The topological polar surface area (TPSA) is 112 Å². The number of carbonyl (C=O) groups excluding carboxylic acids is 2. The third kappa shape index (κ3) is 6.17. The first-order valence-corrected chi connectivity index (χ1v) is 15.0. The summed E-state index contributed by atoms with van der Waals surface area (Å²) in [5, 5.41) is 24.0. The first-order valence-electron chi connectivity index (χ1n) is 15.0. The Bertz CT molecular complexity index is 1530. The molecule has 2 N–H and O–H groups in total. The Morgan fingerprint density at radius 3 is 1.68 bits per heavy atom. The number of Topliss-reactive ketones (excluding diaryl/α,β-unsaturated/α-hetero) is 1. The molecule has 0 atom stereocenters. The van der Waals surface area contributed by atoms with Gasteiger partial charge in [-0.1, -0.05) is 68.2 Å². The van der Waals surface area contributed by atoms with Crippen molar-refractivity contribution >= 4 is 22.5 Å². The molecule has 3 aromatic rings. The van der Waals surface area contributed by atoms with Gasteiger partial charge < -0.3 is 29.2 Å². The molecule has 8 heteroatoms. The second kappa shape index (κ2) is 13.0. The number of carbonyl (C=O) groups is 2. The van der Waals surface area contributed by atoms with Crippen LogP contribution in [0.2, 0.25) is 0 Å². The Balaban J connectivity index is 2.80. The van der Waals surface area contributed by atoms with Gasteiger partial charge in [0, 0.05) is 33.9 Å². The van der Waals surface area contributed by atoms with E-state index < -0.39 is 16.8 Å². The first-order chi connectivity index (χ1) is 20.5. The number of ketones is 1. The van der Waals surface area contributed by atoms with Gasteiger partial charge in [0.25, 0.3) is 0 Å². The van der Waals surface area contributed by atoms with E-state index in [-0.39, 0.29) is 63.4 Å². The van der Waals surface area contributed by atoms with E-state index in [4.69, 9.17) is 18.9 Å². The van der Waals surface area contributed by atoms with Crippen LogP contribution in [0.5, 0.6) is 28.7 Å². The molecule has 0 saturated carbocycles. The van der Waals surface area contributed by atoms with Gasteiger partial charge in [0.1, 0.15) is 11.5 Å². The van der Waals surface area contributed by atoms with Gasteiger partial charge in [0.15, 0.2) is 17.3 Å². The highest BCUT2D eigenvalue weighted by Crippen LogP contribution is 2.53. The Morgan fingerprint density at radius 1 is 0.750 bits per heavy atom. The van der Waals surface area contributed by atoms with Crippen molar-refractivity contribution < 1.29 is 38.7 Å². The third-order valence-electron chi connectivity index (χ3n) is 8.38. The molecule has 0 aliphatic carbocycles. The number of ether oxygens (including phenoxy) is 4. The number of phenolic OH excluding ortho intramolecular Hbond substituents is 2. The summed E-state index contributed by atoms with van der Waals surface area (Å²) in [6.07, 6.45) is 1.66. The predicted molar refractivity (Wildman–Crippen MR) is 174 cm³/mol. The molecule has 0 aliphatic rings. The third-order valence-corrected chi connectivity index (χ3v) is 8.38. The van der Waals surface area contributed by atoms with Crippen LogP contribution in [0.25, 0.3) is 21.9 Å². The second-order valence-electron chi connectivity index (χ2n) is 13.3. The largest absolute Gasteiger partial charge is 0.507 e. The highest BCUT2D eigenvalue weighted by atomic mass is 16.5. The van der Waals surface area contributed by atoms with Gasteiger partial charge in [-0.05, 0) is 40.5 Å². The molecule has 44 heavy (non-hydrogen) atoms. The van der Waals surface area contributed by atoms with Gasteiger partial charge in [-0.2, -0.15) is 0 Å². The summed E-state index contributed by atoms with van der Waals surface area (Å²) in [5.41, 5.74) is 1.00. The lowest BCUT2D eigenvalue weighted by atomic mass is 9.76. The number of benzene rings is 3. The highest BCUT2D eigenvalue weighted by Gasteiger charge is 2.35. The van der Waals surface area contributed by atoms with Crippen molar-refractivity contribution in [3.63, 3.8) is 0 Å². The molecule has 0 fully saturated rings. The fourth-order valence-corrected chi connectivity index (χ4v) is 5.82. The summed E-state index contributed by atoms with van der Waals surface area (Å²) in [4.78, 5) is 27.9. The fourth-order valence-electron chi connectivity index (χ4n) is 5.82. The Kier molecular flexibility index (Phi) is 10.2. The van der Waals surface area contributed by atoms with Crippen LogP contribution in [0.15, 0.2) is 18.2 Å². The molecule has 3 aromatic carbocycles. The summed E-state index contributed by atoms with van der Waals surface area (Å²) < 4.78 is 22.5. The van der Waals surface area contributed by atoms with Gasteiger partial charge in [-0.15, -0.1) is 0 Å². The molecule has 0 amide bonds. The quantitative estimate of drug-likeness (QED) is 0.175. The lowest BCUT2D eigenvalue weighted by molar-refractivity contribution is 0.0597. The Labute approximate surface area is 261 Å². The van der Waals surface area contributed by atoms with E-state index in [0.29, 0.717) is 27.6 Å². The van der Waals surface area contributed by atoms with Gasteiger partial charge in [-0.25, -0.2) is 4.79 Å². The minimum absolute atomic E-state index is 0.0557. The van der Waals surface area contributed by atoms with E-state index in [1.165, 1.54) is 28.4 Å². The first kappa shape index (κ1) is 34.5. The number of hydrogen-bond acceptors (Lipinski definition) is 8. The van der Waals surface area contributed by atoms with Gasteiger partial charge >= 0.3 is 5.97 Å². The summed E-state index contributed by atoms with van der Waals surface area (Å²) >= 11 is 0. The average Bonchev–Trinajstić information content (AvgIpc) is 2.97. The smallest absolute Gasteiger partial charge is 0.339 e. The zero-order valence-electron chi connectivity index (χ0n) is 28.3. The molecule has 8 nitrogen and oxygen atoms in total. The van der Waals surface area contributed by atoms with Crippen LogP contribution in [-0.4, -0.2) is 50.4 Å². The SMILES string of the molecule is CCC(CC)CC(=O)c1c(C(=O)OC)c(-c2cc(C(C)(C)C)c(O)c(C(C)(C)C)c2)c2c(OC)c(OC)c(OC)cc2c1O. The van der Waals surface area contributed by atoms with E-state index in [1.807, 2.05) is 67.5 Å². The highest BCUT2D eigenvalue weighted by molar-refractivity contribution is 6.21. The normalized spacial score (nSPS) is 12.0. The molecule has 0 radical (unpaired) electrons. The zero-order valence-corrected chi connectivity index (χ0v) is 28.3. The van der Waals surface area contributed by atoms with Crippen molar-refractivity contribution in [2.24, 2.45) is 5.92 Å². The molecule has 0 unspecified atom stereocenters. The summed E-state index contributed by atoms with van der Waals surface area (Å²) in [5.74, 6) is -0.583. The number of phenols is 2. The average molecular weight is 609 g/mol. The number of rotatable bonds is 10. The molecular weight excluding hydrogens is 560 g/mol. The van der Waals surface area contributed by atoms with E-state index in [9.17, 15) is 19.8 Å². The minimum Gasteiger partial charge on any atom is -0.507 e. The van der Waals surface area contributed by atoms with Crippen molar-refractivity contribution in [3.05, 3.63) is 40.5 Å². The number of aromatic hydroxyl groups is 2. The van der Waals surface area contributed by atoms with Crippen LogP contribution in [0, 0.1) is 5.92 Å². The summed E-state index contributed by atoms with van der Waals surface area (Å²) in [7, 11) is 5.64. The maximum atomic E-state index is 14.1. The molecule has 0 aliphatic heterocycles. The monoisotopic (exact) mass is 608 g/mol. The van der Waals surface area contributed by atoms with Crippen LogP contribution in [0.3, 0.4) is 0 Å². The zero-order chi connectivity index (χ0) is 33.3. The van der Waals surface area contributed by atoms with Crippen molar-refractivity contribution in [2.75, 3.05) is 28.4 Å². The van der Waals surface area contributed by atoms with Gasteiger partial charge in [0.05, 0.1) is 39.6 Å². The van der Waals surface area contributed by atoms with Gasteiger partial charge in [0.2, 0.25) is 5.75 Å². The number of fused-ring (bicyclic) bond motifs is 1. The summed E-state index contributed by atoms with van der Waals surface area (Å²) in [6.45, 7) is 16.0. The van der Waals surface area contributed by atoms with Crippen LogP contribution in [-0.2, 0) is 15.6 Å². The Hall–Kier alpha value is -3.94. The van der Waals surface area contributed by atoms with E-state index in [2.05, 4.69) is 0 Å². The lowest BCUT2D eigenvalue weighted by Gasteiger charge is -2.29. The minimum atomic E-state index is -0.787. The standard InChI is InChI=1S/C36H48O8/c1-13-19(14-2)15-24(37)28-29(34(40)44-12)26(20-16-22(35(3,4)5)31(39)23(17-20)36(6,7)8)27-21(30(28)38)18-25(41-9)32(42-10)33(27)43-11/h16-19,38-39H,13-15H2,1-12H3. The van der Waals surface area contributed by atoms with Crippen LogP contribution < -0.4 is 14.2 Å². The van der Waals surface area contributed by atoms with Crippen LogP contribution >= 0.6 is 0 Å². The van der Waals surface area contributed by atoms with Crippen LogP contribution in [0.4, 0.5) is 0 Å². The maximum absolute atomic E-state index is 14.1.